The third kappa shape index (κ3) is 2.93. The van der Waals surface area contributed by atoms with Crippen LogP contribution in [-0.4, -0.2) is 25.8 Å². The topological polar surface area (TPSA) is 130 Å². The SMILES string of the molecule is NC(=O)c1sc2ccc3nc(Oc4ncncc4C(F)(F)F)cnc3c2c1N. The monoisotopic (exact) mass is 406 g/mol. The number of carbonyl (C=O) groups is 1. The maximum atomic E-state index is 13.0. The van der Waals surface area contributed by atoms with Crippen LogP contribution in [0.5, 0.6) is 11.8 Å². The highest BCUT2D eigenvalue weighted by Gasteiger charge is 2.36. The normalized spacial score (nSPS) is 11.8. The number of alkyl halides is 3. The van der Waals surface area contributed by atoms with Crippen LogP contribution in [0.1, 0.15) is 15.2 Å². The van der Waals surface area contributed by atoms with Gasteiger partial charge >= 0.3 is 6.18 Å². The van der Waals surface area contributed by atoms with Crippen molar-refractivity contribution < 1.29 is 22.7 Å². The highest BCUT2D eigenvalue weighted by Crippen LogP contribution is 2.38. The van der Waals surface area contributed by atoms with E-state index in [1.165, 1.54) is 0 Å². The lowest BCUT2D eigenvalue weighted by atomic mass is 10.2. The summed E-state index contributed by atoms with van der Waals surface area (Å²) in [4.78, 5) is 26.9. The number of primary amides is 1. The molecule has 4 aromatic rings. The maximum absolute atomic E-state index is 13.0. The summed E-state index contributed by atoms with van der Waals surface area (Å²) in [6, 6.07) is 3.25. The molecule has 8 nitrogen and oxygen atoms in total. The second-order valence-electron chi connectivity index (χ2n) is 5.57. The van der Waals surface area contributed by atoms with Gasteiger partial charge in [0.15, 0.2) is 0 Å². The summed E-state index contributed by atoms with van der Waals surface area (Å²) >= 11 is 1.12. The standard InChI is InChI=1S/C16H9F3N6O2S/c17-16(18,19)6-3-22-5-24-15(6)27-9-4-23-12-7(25-9)1-2-8-10(12)11(20)13(28-8)14(21)26/h1-5H,20H2,(H2,21,26). The van der Waals surface area contributed by atoms with E-state index in [1.807, 2.05) is 0 Å². The van der Waals surface area contributed by atoms with Crippen LogP contribution in [-0.2, 0) is 6.18 Å². The fraction of sp³-hybridized carbons (Fsp3) is 0.0625. The molecule has 0 saturated carbocycles. The number of benzene rings is 1. The van der Waals surface area contributed by atoms with Crippen LogP contribution in [0, 0.1) is 0 Å². The number of rotatable bonds is 3. The van der Waals surface area contributed by atoms with E-state index in [0.29, 0.717) is 27.3 Å². The smallest absolute Gasteiger partial charge is 0.418 e. The molecular weight excluding hydrogens is 397 g/mol. The van der Waals surface area contributed by atoms with E-state index in [9.17, 15) is 18.0 Å². The predicted octanol–water partition coefficient (Wildman–Crippen LogP) is 3.13. The first-order chi connectivity index (χ1) is 13.3. The number of ether oxygens (including phenoxy) is 1. The summed E-state index contributed by atoms with van der Waals surface area (Å²) in [6.07, 6.45) is -2.01. The van der Waals surface area contributed by atoms with Crippen LogP contribution in [0.2, 0.25) is 0 Å². The van der Waals surface area contributed by atoms with Gasteiger partial charge in [-0.15, -0.1) is 11.3 Å². The number of anilines is 1. The Morgan fingerprint density at radius 3 is 2.68 bits per heavy atom. The lowest BCUT2D eigenvalue weighted by Gasteiger charge is -2.11. The first kappa shape index (κ1) is 17.9. The summed E-state index contributed by atoms with van der Waals surface area (Å²) in [5.74, 6) is -1.55. The molecule has 0 saturated heterocycles. The molecule has 4 rings (SSSR count). The molecule has 28 heavy (non-hydrogen) atoms. The van der Waals surface area contributed by atoms with Crippen molar-refractivity contribution in [3.63, 3.8) is 0 Å². The number of aromatic nitrogens is 4. The molecule has 3 heterocycles. The van der Waals surface area contributed by atoms with Crippen molar-refractivity contribution in [1.29, 1.82) is 0 Å². The number of hydrogen-bond acceptors (Lipinski definition) is 8. The van der Waals surface area contributed by atoms with Crippen LogP contribution in [0.25, 0.3) is 21.1 Å². The molecule has 142 valence electrons. The van der Waals surface area contributed by atoms with Crippen LogP contribution >= 0.6 is 11.3 Å². The molecule has 1 aromatic carbocycles. The molecule has 0 unspecified atom stereocenters. The Morgan fingerprint density at radius 1 is 1.18 bits per heavy atom. The van der Waals surface area contributed by atoms with Crippen molar-refractivity contribution in [1.82, 2.24) is 19.9 Å². The zero-order valence-corrected chi connectivity index (χ0v) is 14.5. The number of fused-ring (bicyclic) bond motifs is 3. The largest absolute Gasteiger partial charge is 0.423 e. The third-order valence-corrected chi connectivity index (χ3v) is 4.97. The number of nitrogens with zero attached hydrogens (tertiary/aromatic N) is 4. The van der Waals surface area contributed by atoms with Crippen molar-refractivity contribution in [2.75, 3.05) is 5.73 Å². The average molecular weight is 406 g/mol. The lowest BCUT2D eigenvalue weighted by molar-refractivity contribution is -0.139. The van der Waals surface area contributed by atoms with Crippen molar-refractivity contribution in [3.8, 4) is 11.8 Å². The zero-order chi connectivity index (χ0) is 20.1. The number of nitrogen functional groups attached to an aromatic ring is 1. The fourth-order valence-corrected chi connectivity index (χ4v) is 3.58. The second-order valence-corrected chi connectivity index (χ2v) is 6.62. The Bertz CT molecular complexity index is 1240. The molecule has 4 N–H and O–H groups in total. The van der Waals surface area contributed by atoms with Crippen molar-refractivity contribution in [3.05, 3.63) is 41.3 Å². The minimum atomic E-state index is -4.69. The van der Waals surface area contributed by atoms with Gasteiger partial charge in [0.2, 0.25) is 11.8 Å². The van der Waals surface area contributed by atoms with Gasteiger partial charge in [-0.05, 0) is 12.1 Å². The number of hydrogen-bond donors (Lipinski definition) is 2. The molecule has 0 radical (unpaired) electrons. The molecule has 12 heteroatoms. The Hall–Kier alpha value is -3.54. The van der Waals surface area contributed by atoms with E-state index in [1.54, 1.807) is 12.1 Å². The number of nitrogens with two attached hydrogens (primary N) is 2. The Balaban J connectivity index is 1.81. The maximum Gasteiger partial charge on any atom is 0.423 e. The van der Waals surface area contributed by atoms with Gasteiger partial charge in [-0.2, -0.15) is 13.2 Å². The van der Waals surface area contributed by atoms with Gasteiger partial charge in [-0.1, -0.05) is 0 Å². The molecule has 0 atom stereocenters. The van der Waals surface area contributed by atoms with Crippen LogP contribution < -0.4 is 16.2 Å². The quantitative estimate of drug-likeness (QED) is 0.534. The van der Waals surface area contributed by atoms with E-state index in [-0.39, 0.29) is 16.4 Å². The van der Waals surface area contributed by atoms with Gasteiger partial charge in [-0.25, -0.2) is 19.9 Å². The summed E-state index contributed by atoms with van der Waals surface area (Å²) in [5, 5.41) is 0.494. The van der Waals surface area contributed by atoms with Crippen LogP contribution in [0.15, 0.2) is 30.9 Å². The first-order valence-corrected chi connectivity index (χ1v) is 8.40. The Morgan fingerprint density at radius 2 is 1.96 bits per heavy atom. The van der Waals surface area contributed by atoms with Gasteiger partial charge in [0, 0.05) is 16.3 Å². The van der Waals surface area contributed by atoms with E-state index in [0.717, 1.165) is 23.9 Å². The summed E-state index contributed by atoms with van der Waals surface area (Å²) in [7, 11) is 0. The molecule has 0 aliphatic carbocycles. The number of halogens is 3. The van der Waals surface area contributed by atoms with E-state index in [2.05, 4.69) is 19.9 Å². The predicted molar refractivity (Wildman–Crippen MR) is 95.0 cm³/mol. The van der Waals surface area contributed by atoms with Crippen molar-refractivity contribution in [2.45, 2.75) is 6.18 Å². The highest BCUT2D eigenvalue weighted by molar-refractivity contribution is 7.21. The molecule has 0 fully saturated rings. The summed E-state index contributed by atoms with van der Waals surface area (Å²) in [6.45, 7) is 0. The fourth-order valence-electron chi connectivity index (χ4n) is 2.60. The molecule has 3 aromatic heterocycles. The zero-order valence-electron chi connectivity index (χ0n) is 13.7. The van der Waals surface area contributed by atoms with Crippen LogP contribution in [0.4, 0.5) is 18.9 Å². The molecular formula is C16H9F3N6O2S. The molecule has 0 aliphatic rings. The van der Waals surface area contributed by atoms with E-state index >= 15 is 0 Å². The highest BCUT2D eigenvalue weighted by atomic mass is 32.1. The van der Waals surface area contributed by atoms with Gasteiger partial charge in [0.1, 0.15) is 16.8 Å². The summed E-state index contributed by atoms with van der Waals surface area (Å²) in [5.41, 5.74) is 11.0. The lowest BCUT2D eigenvalue weighted by Crippen LogP contribution is -2.10. The number of thiophene rings is 1. The van der Waals surface area contributed by atoms with Gasteiger partial charge < -0.3 is 16.2 Å². The Kier molecular flexibility index (Phi) is 4.00. The molecule has 0 spiro atoms. The molecule has 0 bridgehead atoms. The van der Waals surface area contributed by atoms with Crippen molar-refractivity contribution >= 4 is 44.1 Å². The van der Waals surface area contributed by atoms with E-state index in [4.69, 9.17) is 16.2 Å². The Labute approximate surface area is 158 Å². The average Bonchev–Trinajstić information content (AvgIpc) is 2.98. The minimum Gasteiger partial charge on any atom is -0.418 e. The summed E-state index contributed by atoms with van der Waals surface area (Å²) < 4.78 is 45.0. The van der Waals surface area contributed by atoms with Gasteiger partial charge in [0.25, 0.3) is 5.91 Å². The molecule has 0 aliphatic heterocycles. The minimum absolute atomic E-state index is 0.177. The van der Waals surface area contributed by atoms with E-state index < -0.39 is 23.5 Å². The molecule has 1 amide bonds. The van der Waals surface area contributed by atoms with Crippen LogP contribution in [0.3, 0.4) is 0 Å². The second kappa shape index (κ2) is 6.27. The van der Waals surface area contributed by atoms with Gasteiger partial charge in [0.05, 0.1) is 22.9 Å². The van der Waals surface area contributed by atoms with Gasteiger partial charge in [-0.3, -0.25) is 4.79 Å². The number of carbonyl (C=O) groups excluding carboxylic acids is 1. The third-order valence-electron chi connectivity index (χ3n) is 3.79. The van der Waals surface area contributed by atoms with Crippen molar-refractivity contribution in [2.24, 2.45) is 5.73 Å². The number of amides is 1. The first-order valence-electron chi connectivity index (χ1n) is 7.58.